The Labute approximate surface area is 125 Å². The molecule has 0 aromatic heterocycles. The van der Waals surface area contributed by atoms with Crippen LogP contribution in [0.3, 0.4) is 0 Å². The number of benzene rings is 1. The SMILES string of the molecule is Nc1cc(F)c(Br)cc1S(=O)(=O)NC1CCCC1CO. The van der Waals surface area contributed by atoms with Crippen LogP contribution >= 0.6 is 15.9 Å². The first-order chi connectivity index (χ1) is 9.35. The molecule has 0 saturated heterocycles. The first-order valence-electron chi connectivity index (χ1n) is 6.23. The lowest BCUT2D eigenvalue weighted by Gasteiger charge is -2.19. The van der Waals surface area contributed by atoms with Gasteiger partial charge in [-0.2, -0.15) is 0 Å². The van der Waals surface area contributed by atoms with Gasteiger partial charge in [-0.3, -0.25) is 0 Å². The molecule has 1 fully saturated rings. The Hall–Kier alpha value is -0.700. The smallest absolute Gasteiger partial charge is 0.242 e. The van der Waals surface area contributed by atoms with E-state index in [4.69, 9.17) is 5.73 Å². The molecular weight excluding hydrogens is 351 g/mol. The standard InChI is InChI=1S/C12H16BrFN2O3S/c13-8-4-12(10(15)5-9(8)14)20(18,19)16-11-3-1-2-7(11)6-17/h4-5,7,11,16-17H,1-3,6,15H2. The van der Waals surface area contributed by atoms with Gasteiger partial charge in [-0.25, -0.2) is 17.5 Å². The molecule has 1 aromatic carbocycles. The second-order valence-electron chi connectivity index (χ2n) is 4.91. The molecule has 4 N–H and O–H groups in total. The fourth-order valence-corrected chi connectivity index (χ4v) is 4.42. The van der Waals surface area contributed by atoms with Crippen molar-refractivity contribution in [2.45, 2.75) is 30.2 Å². The minimum atomic E-state index is -3.84. The van der Waals surface area contributed by atoms with Gasteiger partial charge in [0.05, 0.1) is 10.2 Å². The summed E-state index contributed by atoms with van der Waals surface area (Å²) in [6.07, 6.45) is 2.32. The molecule has 0 radical (unpaired) electrons. The van der Waals surface area contributed by atoms with Crippen LogP contribution in [0, 0.1) is 11.7 Å². The van der Waals surface area contributed by atoms with Crippen molar-refractivity contribution < 1.29 is 17.9 Å². The van der Waals surface area contributed by atoms with Crippen molar-refractivity contribution in [1.82, 2.24) is 4.72 Å². The summed E-state index contributed by atoms with van der Waals surface area (Å²) in [6.45, 7) is -0.0597. The maximum Gasteiger partial charge on any atom is 0.242 e. The van der Waals surface area contributed by atoms with Crippen molar-refractivity contribution in [2.24, 2.45) is 5.92 Å². The number of nitrogen functional groups attached to an aromatic ring is 1. The average Bonchev–Trinajstić information content (AvgIpc) is 2.80. The molecule has 2 rings (SSSR count). The van der Waals surface area contributed by atoms with Gasteiger partial charge in [-0.05, 0) is 46.8 Å². The predicted octanol–water partition coefficient (Wildman–Crippen LogP) is 1.61. The van der Waals surface area contributed by atoms with Gasteiger partial charge in [-0.15, -0.1) is 0 Å². The zero-order valence-corrected chi connectivity index (χ0v) is 13.0. The van der Waals surface area contributed by atoms with E-state index in [0.717, 1.165) is 25.0 Å². The summed E-state index contributed by atoms with van der Waals surface area (Å²) in [4.78, 5) is -0.158. The van der Waals surface area contributed by atoms with Crippen molar-refractivity contribution in [3.05, 3.63) is 22.4 Å². The first kappa shape index (κ1) is 15.7. The van der Waals surface area contributed by atoms with E-state index in [1.54, 1.807) is 0 Å². The quantitative estimate of drug-likeness (QED) is 0.705. The molecule has 0 aliphatic heterocycles. The topological polar surface area (TPSA) is 92.4 Å². The van der Waals surface area contributed by atoms with Crippen LogP contribution in [0.25, 0.3) is 0 Å². The normalized spacial score (nSPS) is 23.1. The van der Waals surface area contributed by atoms with E-state index in [-0.39, 0.29) is 33.6 Å². The second-order valence-corrected chi connectivity index (χ2v) is 7.44. The molecule has 20 heavy (non-hydrogen) atoms. The third kappa shape index (κ3) is 3.13. The van der Waals surface area contributed by atoms with Crippen molar-refractivity contribution in [2.75, 3.05) is 12.3 Å². The number of sulfonamides is 1. The number of hydrogen-bond donors (Lipinski definition) is 3. The van der Waals surface area contributed by atoms with Gasteiger partial charge in [0.2, 0.25) is 10.0 Å². The predicted molar refractivity (Wildman–Crippen MR) is 77.0 cm³/mol. The van der Waals surface area contributed by atoms with Crippen LogP contribution < -0.4 is 10.5 Å². The Balaban J connectivity index is 2.29. The molecule has 0 spiro atoms. The largest absolute Gasteiger partial charge is 0.398 e. The van der Waals surface area contributed by atoms with Gasteiger partial charge in [0.15, 0.2) is 0 Å². The molecule has 1 aromatic rings. The summed E-state index contributed by atoms with van der Waals surface area (Å²) < 4.78 is 40.5. The number of aliphatic hydroxyl groups is 1. The van der Waals surface area contributed by atoms with Crippen LogP contribution in [-0.4, -0.2) is 26.2 Å². The van der Waals surface area contributed by atoms with Crippen LogP contribution in [0.5, 0.6) is 0 Å². The summed E-state index contributed by atoms with van der Waals surface area (Å²) in [7, 11) is -3.84. The van der Waals surface area contributed by atoms with Crippen molar-refractivity contribution in [3.63, 3.8) is 0 Å². The summed E-state index contributed by atoms with van der Waals surface area (Å²) in [5, 5.41) is 9.22. The lowest BCUT2D eigenvalue weighted by atomic mass is 10.1. The molecule has 5 nitrogen and oxygen atoms in total. The number of anilines is 1. The Kier molecular flexibility index (Phi) is 4.68. The van der Waals surface area contributed by atoms with Crippen LogP contribution in [0.15, 0.2) is 21.5 Å². The Morgan fingerprint density at radius 1 is 1.45 bits per heavy atom. The molecule has 2 atom stereocenters. The number of nitrogens with two attached hydrogens (primary N) is 1. The monoisotopic (exact) mass is 366 g/mol. The third-order valence-corrected chi connectivity index (χ3v) is 5.70. The highest BCUT2D eigenvalue weighted by Gasteiger charge is 2.31. The lowest BCUT2D eigenvalue weighted by Crippen LogP contribution is -2.38. The van der Waals surface area contributed by atoms with E-state index in [0.29, 0.717) is 6.42 Å². The second kappa shape index (κ2) is 5.97. The third-order valence-electron chi connectivity index (χ3n) is 3.54. The number of rotatable bonds is 4. The molecule has 1 aliphatic carbocycles. The molecule has 0 bridgehead atoms. The van der Waals surface area contributed by atoms with Gasteiger partial charge in [0, 0.05) is 12.6 Å². The summed E-state index contributed by atoms with van der Waals surface area (Å²) in [5.41, 5.74) is 5.45. The fraction of sp³-hybridized carbons (Fsp3) is 0.500. The van der Waals surface area contributed by atoms with Crippen molar-refractivity contribution in [3.8, 4) is 0 Å². The lowest BCUT2D eigenvalue weighted by molar-refractivity contribution is 0.213. The maximum absolute atomic E-state index is 13.3. The summed E-state index contributed by atoms with van der Waals surface area (Å²) >= 11 is 2.95. The number of aliphatic hydroxyl groups excluding tert-OH is 1. The highest BCUT2D eigenvalue weighted by Crippen LogP contribution is 2.29. The van der Waals surface area contributed by atoms with E-state index < -0.39 is 15.8 Å². The Morgan fingerprint density at radius 2 is 2.15 bits per heavy atom. The summed E-state index contributed by atoms with van der Waals surface area (Å²) in [6, 6.07) is 1.81. The van der Waals surface area contributed by atoms with Crippen molar-refractivity contribution >= 4 is 31.6 Å². The molecule has 2 unspecified atom stereocenters. The van der Waals surface area contributed by atoms with Gasteiger partial charge in [-0.1, -0.05) is 6.42 Å². The minimum Gasteiger partial charge on any atom is -0.398 e. The Bertz CT molecular complexity index is 609. The molecule has 112 valence electrons. The van der Waals surface area contributed by atoms with Crippen molar-refractivity contribution in [1.29, 1.82) is 0 Å². The van der Waals surface area contributed by atoms with E-state index in [9.17, 15) is 17.9 Å². The number of hydrogen-bond acceptors (Lipinski definition) is 4. The zero-order chi connectivity index (χ0) is 14.9. The number of halogens is 2. The fourth-order valence-electron chi connectivity index (χ4n) is 2.45. The summed E-state index contributed by atoms with van der Waals surface area (Å²) in [5.74, 6) is -0.703. The van der Waals surface area contributed by atoms with E-state index >= 15 is 0 Å². The Morgan fingerprint density at radius 3 is 2.80 bits per heavy atom. The van der Waals surface area contributed by atoms with Gasteiger partial charge < -0.3 is 10.8 Å². The average molecular weight is 367 g/mol. The maximum atomic E-state index is 13.3. The first-order valence-corrected chi connectivity index (χ1v) is 8.50. The van der Waals surface area contributed by atoms with Crippen LogP contribution in [0.2, 0.25) is 0 Å². The molecule has 0 heterocycles. The van der Waals surface area contributed by atoms with Crippen LogP contribution in [0.4, 0.5) is 10.1 Å². The van der Waals surface area contributed by atoms with E-state index in [2.05, 4.69) is 20.7 Å². The molecule has 0 amide bonds. The highest BCUT2D eigenvalue weighted by molar-refractivity contribution is 9.10. The van der Waals surface area contributed by atoms with Gasteiger partial charge in [0.1, 0.15) is 10.7 Å². The van der Waals surface area contributed by atoms with Crippen LogP contribution in [0.1, 0.15) is 19.3 Å². The molecular formula is C12H16BrFN2O3S. The molecule has 1 saturated carbocycles. The molecule has 8 heteroatoms. The minimum absolute atomic E-state index is 0.0391. The highest BCUT2D eigenvalue weighted by atomic mass is 79.9. The van der Waals surface area contributed by atoms with Crippen LogP contribution in [-0.2, 0) is 10.0 Å². The molecule has 1 aliphatic rings. The van der Waals surface area contributed by atoms with E-state index in [1.165, 1.54) is 0 Å². The van der Waals surface area contributed by atoms with Gasteiger partial charge >= 0.3 is 0 Å². The number of nitrogens with one attached hydrogen (secondary N) is 1. The van der Waals surface area contributed by atoms with Gasteiger partial charge in [0.25, 0.3) is 0 Å². The zero-order valence-electron chi connectivity index (χ0n) is 10.6. The van der Waals surface area contributed by atoms with E-state index in [1.807, 2.05) is 0 Å².